The Kier molecular flexibility index (Phi) is 4.80. The molecule has 0 bridgehead atoms. The smallest absolute Gasteiger partial charge is 0.256 e. The van der Waals surface area contributed by atoms with Crippen molar-refractivity contribution in [3.05, 3.63) is 34.6 Å². The summed E-state index contributed by atoms with van der Waals surface area (Å²) >= 11 is 5.76. The van der Waals surface area contributed by atoms with Crippen LogP contribution in [-0.2, 0) is 4.79 Å². The van der Waals surface area contributed by atoms with Crippen molar-refractivity contribution < 1.29 is 19.1 Å². The fourth-order valence-corrected chi connectivity index (χ4v) is 2.13. The summed E-state index contributed by atoms with van der Waals surface area (Å²) in [6.07, 6.45) is 1.75. The molecule has 0 saturated heterocycles. The summed E-state index contributed by atoms with van der Waals surface area (Å²) in [5.74, 6) is -1.87. The van der Waals surface area contributed by atoms with Crippen LogP contribution in [0.3, 0.4) is 0 Å². The number of nitrogens with one attached hydrogen (secondary N) is 2. The second-order valence-corrected chi connectivity index (χ2v) is 5.62. The van der Waals surface area contributed by atoms with Gasteiger partial charge in [-0.25, -0.2) is 4.39 Å². The van der Waals surface area contributed by atoms with Gasteiger partial charge in [-0.05, 0) is 25.0 Å². The lowest BCUT2D eigenvalue weighted by Gasteiger charge is -2.13. The first kappa shape index (κ1) is 15.7. The number of rotatable bonds is 6. The molecule has 0 aliphatic heterocycles. The van der Waals surface area contributed by atoms with Gasteiger partial charge >= 0.3 is 0 Å². The number of amides is 2. The summed E-state index contributed by atoms with van der Waals surface area (Å²) in [6.45, 7) is 0.133. The van der Waals surface area contributed by atoms with Crippen molar-refractivity contribution >= 4 is 23.4 Å². The Morgan fingerprint density at radius 2 is 2.05 bits per heavy atom. The topological polar surface area (TPSA) is 78.4 Å². The summed E-state index contributed by atoms with van der Waals surface area (Å²) in [5.41, 5.74) is -0.477. The van der Waals surface area contributed by atoms with Crippen LogP contribution in [0.15, 0.2) is 18.2 Å². The molecule has 1 aliphatic rings. The minimum atomic E-state index is -0.739. The predicted molar refractivity (Wildman–Crippen MR) is 75.5 cm³/mol. The number of carbonyl (C=O) groups is 2. The van der Waals surface area contributed by atoms with E-state index in [0.717, 1.165) is 18.9 Å². The van der Waals surface area contributed by atoms with Crippen LogP contribution in [0, 0.1) is 11.2 Å². The molecule has 2 rings (SSSR count). The monoisotopic (exact) mass is 314 g/mol. The van der Waals surface area contributed by atoms with Crippen molar-refractivity contribution in [2.45, 2.75) is 12.8 Å². The Labute approximate surface area is 126 Å². The molecule has 7 heteroatoms. The number of hydrogen-bond acceptors (Lipinski definition) is 3. The number of hydrogen-bond donors (Lipinski definition) is 3. The summed E-state index contributed by atoms with van der Waals surface area (Å²) in [5, 5.41) is 14.1. The van der Waals surface area contributed by atoms with Gasteiger partial charge in [0.2, 0.25) is 5.91 Å². The highest BCUT2D eigenvalue weighted by molar-refractivity contribution is 6.33. The molecule has 114 valence electrons. The van der Waals surface area contributed by atoms with Crippen LogP contribution >= 0.6 is 11.6 Å². The number of halogens is 2. The quantitative estimate of drug-likeness (QED) is 0.735. The Bertz CT molecular complexity index is 541. The number of aliphatic hydroxyl groups excluding tert-OH is 1. The fourth-order valence-electron chi connectivity index (χ4n) is 1.88. The molecule has 1 aromatic rings. The molecule has 0 aromatic heterocycles. The maximum atomic E-state index is 13.5. The van der Waals surface area contributed by atoms with Crippen molar-refractivity contribution in [1.82, 2.24) is 10.6 Å². The zero-order chi connectivity index (χ0) is 15.5. The van der Waals surface area contributed by atoms with E-state index in [0.29, 0.717) is 6.54 Å². The van der Waals surface area contributed by atoms with E-state index in [1.807, 2.05) is 0 Å². The second kappa shape index (κ2) is 6.41. The van der Waals surface area contributed by atoms with Gasteiger partial charge in [0.1, 0.15) is 5.82 Å². The first-order valence-corrected chi connectivity index (χ1v) is 6.95. The van der Waals surface area contributed by atoms with E-state index in [4.69, 9.17) is 16.7 Å². The molecule has 1 aliphatic carbocycles. The average Bonchev–Trinajstić information content (AvgIpc) is 3.23. The van der Waals surface area contributed by atoms with Gasteiger partial charge in [-0.3, -0.25) is 9.59 Å². The standard InChI is InChI=1S/C14H16ClFN2O3/c15-9-2-1-3-10(16)12(9)13(21)17-6-11(20)18-7-14(8-19)4-5-14/h1-3,19H,4-8H2,(H,17,21)(H,18,20). The fraction of sp³-hybridized carbons (Fsp3) is 0.429. The van der Waals surface area contributed by atoms with E-state index in [-0.39, 0.29) is 29.2 Å². The van der Waals surface area contributed by atoms with Gasteiger partial charge in [0.05, 0.1) is 23.7 Å². The largest absolute Gasteiger partial charge is 0.396 e. The molecular formula is C14H16ClFN2O3. The van der Waals surface area contributed by atoms with Crippen molar-refractivity contribution in [2.24, 2.45) is 5.41 Å². The number of aliphatic hydroxyl groups is 1. The van der Waals surface area contributed by atoms with Crippen LogP contribution in [0.1, 0.15) is 23.2 Å². The first-order chi connectivity index (χ1) is 9.97. The molecule has 0 spiro atoms. The molecule has 5 nitrogen and oxygen atoms in total. The Balaban J connectivity index is 1.82. The van der Waals surface area contributed by atoms with Crippen LogP contribution in [0.4, 0.5) is 4.39 Å². The van der Waals surface area contributed by atoms with Crippen molar-refractivity contribution in [3.8, 4) is 0 Å². The van der Waals surface area contributed by atoms with Gasteiger partial charge in [0.25, 0.3) is 5.91 Å². The molecule has 1 aromatic carbocycles. The SMILES string of the molecule is O=C(CNC(=O)c1c(F)cccc1Cl)NCC1(CO)CC1. The summed E-state index contributed by atoms with van der Waals surface area (Å²) in [4.78, 5) is 23.4. The van der Waals surface area contributed by atoms with E-state index < -0.39 is 17.6 Å². The summed E-state index contributed by atoms with van der Waals surface area (Å²) < 4.78 is 13.5. The van der Waals surface area contributed by atoms with Crippen LogP contribution in [0.2, 0.25) is 5.02 Å². The lowest BCUT2D eigenvalue weighted by molar-refractivity contribution is -0.120. The van der Waals surface area contributed by atoms with Gasteiger partial charge < -0.3 is 15.7 Å². The number of carbonyl (C=O) groups excluding carboxylic acids is 2. The lowest BCUT2D eigenvalue weighted by atomic mass is 10.1. The van der Waals surface area contributed by atoms with Crippen molar-refractivity contribution in [3.63, 3.8) is 0 Å². The summed E-state index contributed by atoms with van der Waals surface area (Å²) in [6, 6.07) is 3.92. The molecule has 0 unspecified atom stereocenters. The highest BCUT2D eigenvalue weighted by atomic mass is 35.5. The molecular weight excluding hydrogens is 299 g/mol. The second-order valence-electron chi connectivity index (χ2n) is 5.21. The minimum absolute atomic E-state index is 0.00915. The third kappa shape index (κ3) is 3.92. The van der Waals surface area contributed by atoms with E-state index in [1.54, 1.807) is 0 Å². The normalized spacial score (nSPS) is 15.4. The molecule has 0 atom stereocenters. The lowest BCUT2D eigenvalue weighted by Crippen LogP contribution is -2.40. The van der Waals surface area contributed by atoms with Gasteiger partial charge in [-0.1, -0.05) is 17.7 Å². The zero-order valence-corrected chi connectivity index (χ0v) is 12.0. The minimum Gasteiger partial charge on any atom is -0.396 e. The maximum absolute atomic E-state index is 13.5. The molecule has 2 amide bonds. The van der Waals surface area contributed by atoms with E-state index >= 15 is 0 Å². The van der Waals surface area contributed by atoms with E-state index in [9.17, 15) is 14.0 Å². The summed E-state index contributed by atoms with van der Waals surface area (Å²) in [7, 11) is 0. The maximum Gasteiger partial charge on any atom is 0.256 e. The molecule has 0 radical (unpaired) electrons. The van der Waals surface area contributed by atoms with E-state index in [1.165, 1.54) is 12.1 Å². The average molecular weight is 315 g/mol. The van der Waals surface area contributed by atoms with E-state index in [2.05, 4.69) is 10.6 Å². The first-order valence-electron chi connectivity index (χ1n) is 6.57. The Morgan fingerprint density at radius 1 is 1.33 bits per heavy atom. The highest BCUT2D eigenvalue weighted by Gasteiger charge is 2.42. The predicted octanol–water partition coefficient (Wildman–Crippen LogP) is 1.10. The van der Waals surface area contributed by atoms with Crippen LogP contribution < -0.4 is 10.6 Å². The van der Waals surface area contributed by atoms with Crippen LogP contribution in [0.5, 0.6) is 0 Å². The van der Waals surface area contributed by atoms with Crippen molar-refractivity contribution in [2.75, 3.05) is 19.7 Å². The Morgan fingerprint density at radius 3 is 2.62 bits per heavy atom. The third-order valence-corrected chi connectivity index (χ3v) is 3.87. The van der Waals surface area contributed by atoms with Crippen LogP contribution in [0.25, 0.3) is 0 Å². The molecule has 3 N–H and O–H groups in total. The molecule has 0 heterocycles. The third-order valence-electron chi connectivity index (χ3n) is 3.55. The van der Waals surface area contributed by atoms with Gasteiger partial charge in [0, 0.05) is 12.0 Å². The molecule has 1 fully saturated rings. The zero-order valence-electron chi connectivity index (χ0n) is 11.3. The Hall–Kier alpha value is -1.66. The molecule has 1 saturated carbocycles. The van der Waals surface area contributed by atoms with Gasteiger partial charge in [-0.2, -0.15) is 0 Å². The highest BCUT2D eigenvalue weighted by Crippen LogP contribution is 2.44. The van der Waals surface area contributed by atoms with Gasteiger partial charge in [0.15, 0.2) is 0 Å². The van der Waals surface area contributed by atoms with Crippen molar-refractivity contribution in [1.29, 1.82) is 0 Å². The number of benzene rings is 1. The molecule has 21 heavy (non-hydrogen) atoms. The van der Waals surface area contributed by atoms with Crippen LogP contribution in [-0.4, -0.2) is 36.6 Å². The van der Waals surface area contributed by atoms with Gasteiger partial charge in [-0.15, -0.1) is 0 Å².